The smallest absolute Gasteiger partial charge is 0.319 e. The van der Waals surface area contributed by atoms with Crippen molar-refractivity contribution in [2.45, 2.75) is 31.8 Å². The number of carbonyl (C=O) groups is 2. The minimum atomic E-state index is -0.914. The summed E-state index contributed by atoms with van der Waals surface area (Å²) < 4.78 is 24.5. The number of amides is 2. The molecule has 1 saturated heterocycles. The number of carbonyl (C=O) groups excluding carboxylic acids is 1. The zero-order valence-corrected chi connectivity index (χ0v) is 13.2. The molecule has 0 aliphatic carbocycles. The summed E-state index contributed by atoms with van der Waals surface area (Å²) in [5.41, 5.74) is 0.360. The summed E-state index contributed by atoms with van der Waals surface area (Å²) in [7, 11) is 0. The van der Waals surface area contributed by atoms with Gasteiger partial charge in [0.15, 0.2) is 0 Å². The van der Waals surface area contributed by atoms with E-state index in [1.807, 2.05) is 0 Å². The van der Waals surface area contributed by atoms with Gasteiger partial charge in [-0.2, -0.15) is 0 Å². The highest BCUT2D eigenvalue weighted by Crippen LogP contribution is 2.28. The number of hydrogen-bond donors (Lipinski definition) is 3. The highest BCUT2D eigenvalue weighted by Gasteiger charge is 2.18. The Balaban J connectivity index is 1.91. The quantitative estimate of drug-likeness (QED) is 0.662. The molecule has 8 heteroatoms. The molecular formula is C16H21FN2O5. The third-order valence-corrected chi connectivity index (χ3v) is 3.51. The molecule has 0 bridgehead atoms. The molecule has 1 fully saturated rings. The maximum absolute atomic E-state index is 13.5. The lowest BCUT2D eigenvalue weighted by Gasteiger charge is -2.24. The number of halogens is 1. The highest BCUT2D eigenvalue weighted by molar-refractivity contribution is 5.90. The monoisotopic (exact) mass is 340 g/mol. The van der Waals surface area contributed by atoms with Crippen LogP contribution in [0.15, 0.2) is 18.2 Å². The van der Waals surface area contributed by atoms with Crippen LogP contribution in [-0.4, -0.2) is 43.0 Å². The van der Waals surface area contributed by atoms with E-state index < -0.39 is 17.8 Å². The van der Waals surface area contributed by atoms with E-state index in [0.29, 0.717) is 38.2 Å². The second kappa shape index (κ2) is 9.07. The topological polar surface area (TPSA) is 96.9 Å². The van der Waals surface area contributed by atoms with E-state index in [1.54, 1.807) is 0 Å². The molecule has 0 aromatic heterocycles. The zero-order chi connectivity index (χ0) is 17.4. The number of aliphatic carboxylic acids is 1. The van der Waals surface area contributed by atoms with Gasteiger partial charge in [-0.1, -0.05) is 0 Å². The predicted molar refractivity (Wildman–Crippen MR) is 84.8 cm³/mol. The van der Waals surface area contributed by atoms with Crippen LogP contribution in [0, 0.1) is 5.82 Å². The minimum Gasteiger partial charge on any atom is -0.488 e. The third kappa shape index (κ3) is 6.04. The summed E-state index contributed by atoms with van der Waals surface area (Å²) in [5.74, 6) is -1.10. The average molecular weight is 340 g/mol. The first-order valence-corrected chi connectivity index (χ1v) is 7.85. The molecule has 1 aliphatic heterocycles. The van der Waals surface area contributed by atoms with Crippen LogP contribution in [0.1, 0.15) is 25.7 Å². The first kappa shape index (κ1) is 18.0. The van der Waals surface area contributed by atoms with Crippen LogP contribution in [0.3, 0.4) is 0 Å². The predicted octanol–water partition coefficient (Wildman–Crippen LogP) is 2.37. The zero-order valence-electron chi connectivity index (χ0n) is 13.2. The number of hydrogen-bond acceptors (Lipinski definition) is 4. The minimum absolute atomic E-state index is 0.0189. The second-order valence-electron chi connectivity index (χ2n) is 5.45. The molecule has 0 unspecified atom stereocenters. The molecule has 2 amide bonds. The Kier molecular flexibility index (Phi) is 6.80. The van der Waals surface area contributed by atoms with Crippen LogP contribution in [0.5, 0.6) is 5.75 Å². The molecule has 3 N–H and O–H groups in total. The number of urea groups is 1. The van der Waals surface area contributed by atoms with Crippen molar-refractivity contribution in [3.63, 3.8) is 0 Å². The second-order valence-corrected chi connectivity index (χ2v) is 5.45. The molecule has 0 atom stereocenters. The number of ether oxygens (including phenoxy) is 2. The van der Waals surface area contributed by atoms with Gasteiger partial charge in [-0.25, -0.2) is 9.18 Å². The van der Waals surface area contributed by atoms with E-state index in [9.17, 15) is 14.0 Å². The average Bonchev–Trinajstić information content (AvgIpc) is 2.55. The van der Waals surface area contributed by atoms with Crippen LogP contribution >= 0.6 is 0 Å². The van der Waals surface area contributed by atoms with Crippen molar-refractivity contribution in [1.29, 1.82) is 0 Å². The normalized spacial score (nSPS) is 14.9. The Hall–Kier alpha value is -2.35. The Labute approximate surface area is 139 Å². The SMILES string of the molecule is O=C(O)CCCNC(=O)Nc1ccc(F)cc1OC1CCOCC1. The first-order chi connectivity index (χ1) is 11.5. The standard InChI is InChI=1S/C16H21FN2O5/c17-11-3-4-13(19-16(22)18-7-1-2-15(20)21)14(10-11)24-12-5-8-23-9-6-12/h3-4,10,12H,1-2,5-9H2,(H,20,21)(H2,18,19,22). The fourth-order valence-electron chi connectivity index (χ4n) is 2.28. The maximum Gasteiger partial charge on any atom is 0.319 e. The van der Waals surface area contributed by atoms with Gasteiger partial charge in [0.05, 0.1) is 18.9 Å². The molecule has 2 rings (SSSR count). The molecule has 0 saturated carbocycles. The van der Waals surface area contributed by atoms with Crippen molar-refractivity contribution in [3.8, 4) is 5.75 Å². The number of carboxylic acids is 1. The molecule has 7 nitrogen and oxygen atoms in total. The van der Waals surface area contributed by atoms with E-state index in [-0.39, 0.29) is 24.8 Å². The summed E-state index contributed by atoms with van der Waals surface area (Å²) in [6.07, 6.45) is 1.64. The van der Waals surface area contributed by atoms with Gasteiger partial charge in [0.1, 0.15) is 17.7 Å². The molecular weight excluding hydrogens is 319 g/mol. The van der Waals surface area contributed by atoms with E-state index in [4.69, 9.17) is 14.6 Å². The molecule has 1 aliphatic rings. The molecule has 1 heterocycles. The van der Waals surface area contributed by atoms with Crippen molar-refractivity contribution in [3.05, 3.63) is 24.0 Å². The van der Waals surface area contributed by atoms with Gasteiger partial charge < -0.3 is 25.2 Å². The first-order valence-electron chi connectivity index (χ1n) is 7.85. The van der Waals surface area contributed by atoms with E-state index in [0.717, 1.165) is 0 Å². The fourth-order valence-corrected chi connectivity index (χ4v) is 2.28. The number of anilines is 1. The third-order valence-electron chi connectivity index (χ3n) is 3.51. The van der Waals surface area contributed by atoms with E-state index >= 15 is 0 Å². The molecule has 0 radical (unpaired) electrons. The van der Waals surface area contributed by atoms with Crippen LogP contribution in [0.2, 0.25) is 0 Å². The van der Waals surface area contributed by atoms with Crippen LogP contribution in [0.4, 0.5) is 14.9 Å². The summed E-state index contributed by atoms with van der Waals surface area (Å²) in [5, 5.41) is 13.7. The van der Waals surface area contributed by atoms with Crippen molar-refractivity contribution >= 4 is 17.7 Å². The van der Waals surface area contributed by atoms with Gasteiger partial charge in [-0.05, 0) is 18.6 Å². The van der Waals surface area contributed by atoms with Crippen molar-refractivity contribution < 1.29 is 28.6 Å². The summed E-state index contributed by atoms with van der Waals surface area (Å²) in [4.78, 5) is 22.3. The van der Waals surface area contributed by atoms with E-state index in [2.05, 4.69) is 10.6 Å². The van der Waals surface area contributed by atoms with Gasteiger partial charge in [-0.15, -0.1) is 0 Å². The van der Waals surface area contributed by atoms with Gasteiger partial charge in [-0.3, -0.25) is 4.79 Å². The summed E-state index contributed by atoms with van der Waals surface area (Å²) in [6.45, 7) is 1.41. The molecule has 1 aromatic carbocycles. The van der Waals surface area contributed by atoms with Crippen molar-refractivity contribution in [2.24, 2.45) is 0 Å². The molecule has 1 aromatic rings. The number of benzene rings is 1. The number of carboxylic acid groups (broad SMARTS) is 1. The van der Waals surface area contributed by atoms with Gasteiger partial charge >= 0.3 is 12.0 Å². The Morgan fingerprint density at radius 3 is 2.79 bits per heavy atom. The van der Waals surface area contributed by atoms with Crippen molar-refractivity contribution in [1.82, 2.24) is 5.32 Å². The number of nitrogens with one attached hydrogen (secondary N) is 2. The van der Waals surface area contributed by atoms with Crippen LogP contribution in [-0.2, 0) is 9.53 Å². The summed E-state index contributed by atoms with van der Waals surface area (Å²) >= 11 is 0. The van der Waals surface area contributed by atoms with Gasteiger partial charge in [0, 0.05) is 31.9 Å². The lowest BCUT2D eigenvalue weighted by atomic mass is 10.1. The van der Waals surface area contributed by atoms with E-state index in [1.165, 1.54) is 18.2 Å². The molecule has 24 heavy (non-hydrogen) atoms. The van der Waals surface area contributed by atoms with Crippen molar-refractivity contribution in [2.75, 3.05) is 25.1 Å². The Bertz CT molecular complexity index is 576. The van der Waals surface area contributed by atoms with Gasteiger partial charge in [0.2, 0.25) is 0 Å². The van der Waals surface area contributed by atoms with Crippen LogP contribution < -0.4 is 15.4 Å². The number of rotatable bonds is 7. The van der Waals surface area contributed by atoms with Crippen LogP contribution in [0.25, 0.3) is 0 Å². The summed E-state index contributed by atoms with van der Waals surface area (Å²) in [6, 6.07) is 3.40. The lowest BCUT2D eigenvalue weighted by molar-refractivity contribution is -0.137. The Morgan fingerprint density at radius 2 is 2.08 bits per heavy atom. The molecule has 132 valence electrons. The lowest BCUT2D eigenvalue weighted by Crippen LogP contribution is -2.30. The highest BCUT2D eigenvalue weighted by atomic mass is 19.1. The fraction of sp³-hybridized carbons (Fsp3) is 0.500. The molecule has 0 spiro atoms. The van der Waals surface area contributed by atoms with Gasteiger partial charge in [0.25, 0.3) is 0 Å². The Morgan fingerprint density at radius 1 is 1.33 bits per heavy atom. The largest absolute Gasteiger partial charge is 0.488 e. The maximum atomic E-state index is 13.5.